The maximum atomic E-state index is 13.1. The van der Waals surface area contributed by atoms with Crippen molar-refractivity contribution in [3.63, 3.8) is 0 Å². The van der Waals surface area contributed by atoms with E-state index in [4.69, 9.17) is 4.74 Å². The number of methoxy groups -OCH3 is 1. The molecule has 0 spiro atoms. The van der Waals surface area contributed by atoms with Crippen molar-refractivity contribution in [3.05, 3.63) is 48.0 Å². The SMILES string of the molecule is CCCNC(=O)c1cc(NC(=O)C2CCCC2)ccc1N1CCN(c2ccccc2OC)CC1. The zero-order chi connectivity index (χ0) is 23.9. The Morgan fingerprint density at radius 1 is 0.971 bits per heavy atom. The summed E-state index contributed by atoms with van der Waals surface area (Å²) in [6.07, 6.45) is 5.00. The van der Waals surface area contributed by atoms with Crippen LogP contribution in [0.25, 0.3) is 0 Å². The van der Waals surface area contributed by atoms with E-state index < -0.39 is 0 Å². The molecule has 7 heteroatoms. The van der Waals surface area contributed by atoms with Crippen molar-refractivity contribution in [1.29, 1.82) is 0 Å². The molecule has 2 N–H and O–H groups in total. The molecule has 0 unspecified atom stereocenters. The number of para-hydroxylation sites is 2. The Hall–Kier alpha value is -3.22. The van der Waals surface area contributed by atoms with E-state index in [1.807, 2.05) is 43.3 Å². The molecule has 182 valence electrons. The van der Waals surface area contributed by atoms with Gasteiger partial charge in [-0.2, -0.15) is 0 Å². The fourth-order valence-corrected chi connectivity index (χ4v) is 4.92. The number of nitrogens with one attached hydrogen (secondary N) is 2. The lowest BCUT2D eigenvalue weighted by Gasteiger charge is -2.38. The van der Waals surface area contributed by atoms with Gasteiger partial charge in [-0.3, -0.25) is 9.59 Å². The van der Waals surface area contributed by atoms with Gasteiger partial charge in [0.15, 0.2) is 0 Å². The van der Waals surface area contributed by atoms with Crippen molar-refractivity contribution in [1.82, 2.24) is 5.32 Å². The Morgan fingerprint density at radius 3 is 2.32 bits per heavy atom. The van der Waals surface area contributed by atoms with E-state index in [0.29, 0.717) is 17.8 Å². The molecular weight excluding hydrogens is 428 g/mol. The van der Waals surface area contributed by atoms with Gasteiger partial charge in [0.1, 0.15) is 5.75 Å². The van der Waals surface area contributed by atoms with E-state index in [9.17, 15) is 9.59 Å². The number of ether oxygens (including phenoxy) is 1. The van der Waals surface area contributed by atoms with Gasteiger partial charge >= 0.3 is 0 Å². The van der Waals surface area contributed by atoms with Gasteiger partial charge in [-0.25, -0.2) is 0 Å². The maximum Gasteiger partial charge on any atom is 0.253 e. The number of anilines is 3. The van der Waals surface area contributed by atoms with E-state index in [1.165, 1.54) is 0 Å². The summed E-state index contributed by atoms with van der Waals surface area (Å²) in [5, 5.41) is 6.06. The highest BCUT2D eigenvalue weighted by molar-refractivity contribution is 6.02. The van der Waals surface area contributed by atoms with E-state index in [2.05, 4.69) is 26.5 Å². The third-order valence-electron chi connectivity index (χ3n) is 6.82. The molecule has 0 radical (unpaired) electrons. The third kappa shape index (κ3) is 5.46. The predicted octanol–water partition coefficient (Wildman–Crippen LogP) is 4.29. The second kappa shape index (κ2) is 11.3. The van der Waals surface area contributed by atoms with Crippen LogP contribution in [-0.4, -0.2) is 51.6 Å². The Labute approximate surface area is 202 Å². The van der Waals surface area contributed by atoms with Crippen LogP contribution in [0.1, 0.15) is 49.4 Å². The highest BCUT2D eigenvalue weighted by Crippen LogP contribution is 2.31. The average molecular weight is 465 g/mol. The third-order valence-corrected chi connectivity index (χ3v) is 6.82. The van der Waals surface area contributed by atoms with Gasteiger partial charge < -0.3 is 25.2 Å². The lowest BCUT2D eigenvalue weighted by atomic mass is 10.1. The monoisotopic (exact) mass is 464 g/mol. The zero-order valence-corrected chi connectivity index (χ0v) is 20.3. The minimum atomic E-state index is -0.0963. The van der Waals surface area contributed by atoms with E-state index >= 15 is 0 Å². The molecule has 7 nitrogen and oxygen atoms in total. The average Bonchev–Trinajstić information content (AvgIpc) is 3.43. The number of carbonyl (C=O) groups excluding carboxylic acids is 2. The van der Waals surface area contributed by atoms with E-state index in [0.717, 1.165) is 75.4 Å². The fourth-order valence-electron chi connectivity index (χ4n) is 4.92. The summed E-state index contributed by atoms with van der Waals surface area (Å²) in [5.74, 6) is 0.926. The van der Waals surface area contributed by atoms with E-state index in [-0.39, 0.29) is 17.7 Å². The number of nitrogens with zero attached hydrogens (tertiary/aromatic N) is 2. The molecule has 4 rings (SSSR count). The van der Waals surface area contributed by atoms with Crippen LogP contribution in [0.2, 0.25) is 0 Å². The molecule has 0 bridgehead atoms. The van der Waals surface area contributed by atoms with Crippen LogP contribution in [-0.2, 0) is 4.79 Å². The number of hydrogen-bond acceptors (Lipinski definition) is 5. The molecule has 2 aliphatic rings. The molecule has 2 fully saturated rings. The summed E-state index contributed by atoms with van der Waals surface area (Å²) >= 11 is 0. The standard InChI is InChI=1S/C27H36N4O3/c1-3-14-28-27(33)22-19-21(29-26(32)20-8-4-5-9-20)12-13-23(22)30-15-17-31(18-16-30)24-10-6-7-11-25(24)34-2/h6-7,10-13,19-20H,3-5,8-9,14-18H2,1-2H3,(H,28,33)(H,29,32). The van der Waals surface area contributed by atoms with Crippen molar-refractivity contribution in [2.24, 2.45) is 5.92 Å². The van der Waals surface area contributed by atoms with Crippen LogP contribution < -0.4 is 25.2 Å². The summed E-state index contributed by atoms with van der Waals surface area (Å²) in [5.41, 5.74) is 3.31. The number of amides is 2. The van der Waals surface area contributed by atoms with Gasteiger partial charge in [-0.05, 0) is 49.6 Å². The molecule has 1 heterocycles. The summed E-state index contributed by atoms with van der Waals surface area (Å²) in [6, 6.07) is 13.8. The molecule has 2 amide bonds. The first-order valence-corrected chi connectivity index (χ1v) is 12.5. The summed E-state index contributed by atoms with van der Waals surface area (Å²) in [4.78, 5) is 30.3. The summed E-state index contributed by atoms with van der Waals surface area (Å²) in [7, 11) is 1.70. The lowest BCUT2D eigenvalue weighted by molar-refractivity contribution is -0.119. The molecule has 1 saturated heterocycles. The van der Waals surface area contributed by atoms with Crippen LogP contribution in [0, 0.1) is 5.92 Å². The number of piperazine rings is 1. The van der Waals surface area contributed by atoms with Gasteiger partial charge in [0.25, 0.3) is 5.91 Å². The Balaban J connectivity index is 1.51. The van der Waals surface area contributed by atoms with Crippen LogP contribution in [0.3, 0.4) is 0 Å². The van der Waals surface area contributed by atoms with Gasteiger partial charge in [0, 0.05) is 50.0 Å². The molecular formula is C27H36N4O3. The topological polar surface area (TPSA) is 73.9 Å². The largest absolute Gasteiger partial charge is 0.495 e. The highest BCUT2D eigenvalue weighted by Gasteiger charge is 2.25. The summed E-state index contributed by atoms with van der Waals surface area (Å²) in [6.45, 7) is 5.90. The molecule has 0 atom stereocenters. The van der Waals surface area contributed by atoms with Gasteiger partial charge in [-0.1, -0.05) is 31.9 Å². The molecule has 2 aromatic rings. The molecule has 2 aromatic carbocycles. The van der Waals surface area contributed by atoms with Crippen molar-refractivity contribution < 1.29 is 14.3 Å². The van der Waals surface area contributed by atoms with Crippen molar-refractivity contribution in [2.75, 3.05) is 55.0 Å². The quantitative estimate of drug-likeness (QED) is 0.610. The van der Waals surface area contributed by atoms with Crippen molar-refractivity contribution in [3.8, 4) is 5.75 Å². The van der Waals surface area contributed by atoms with Crippen LogP contribution in [0.5, 0.6) is 5.75 Å². The first kappa shape index (κ1) is 23.9. The fraction of sp³-hybridized carbons (Fsp3) is 0.481. The summed E-state index contributed by atoms with van der Waals surface area (Å²) < 4.78 is 5.54. The number of benzene rings is 2. The molecule has 1 aliphatic carbocycles. The predicted molar refractivity (Wildman–Crippen MR) is 137 cm³/mol. The lowest BCUT2D eigenvalue weighted by Crippen LogP contribution is -2.47. The second-order valence-corrected chi connectivity index (χ2v) is 9.10. The van der Waals surface area contributed by atoms with Crippen molar-refractivity contribution in [2.45, 2.75) is 39.0 Å². The molecule has 34 heavy (non-hydrogen) atoms. The second-order valence-electron chi connectivity index (χ2n) is 9.10. The number of carbonyl (C=O) groups is 2. The minimum absolute atomic E-state index is 0.0654. The molecule has 1 aliphatic heterocycles. The van der Waals surface area contributed by atoms with Crippen LogP contribution >= 0.6 is 0 Å². The molecule has 1 saturated carbocycles. The van der Waals surface area contributed by atoms with Gasteiger partial charge in [-0.15, -0.1) is 0 Å². The smallest absolute Gasteiger partial charge is 0.253 e. The normalized spacial score (nSPS) is 16.4. The first-order chi connectivity index (χ1) is 16.6. The van der Waals surface area contributed by atoms with Crippen LogP contribution in [0.15, 0.2) is 42.5 Å². The zero-order valence-electron chi connectivity index (χ0n) is 20.3. The Bertz CT molecular complexity index is 995. The van der Waals surface area contributed by atoms with Crippen LogP contribution in [0.4, 0.5) is 17.1 Å². The maximum absolute atomic E-state index is 13.1. The number of hydrogen-bond donors (Lipinski definition) is 2. The number of rotatable bonds is 8. The Morgan fingerprint density at radius 2 is 1.65 bits per heavy atom. The van der Waals surface area contributed by atoms with Gasteiger partial charge in [0.2, 0.25) is 5.91 Å². The van der Waals surface area contributed by atoms with Gasteiger partial charge in [0.05, 0.1) is 18.4 Å². The van der Waals surface area contributed by atoms with Crippen molar-refractivity contribution >= 4 is 28.9 Å². The first-order valence-electron chi connectivity index (χ1n) is 12.5. The van der Waals surface area contributed by atoms with E-state index in [1.54, 1.807) is 7.11 Å². The highest BCUT2D eigenvalue weighted by atomic mass is 16.5. The molecule has 0 aromatic heterocycles. The minimum Gasteiger partial charge on any atom is -0.495 e. The Kier molecular flexibility index (Phi) is 7.93.